The molecule has 27 heavy (non-hydrogen) atoms. The van der Waals surface area contributed by atoms with E-state index in [0.29, 0.717) is 22.1 Å². The summed E-state index contributed by atoms with van der Waals surface area (Å²) in [6.45, 7) is 2.93. The van der Waals surface area contributed by atoms with Crippen LogP contribution in [0.3, 0.4) is 0 Å². The zero-order valence-corrected chi connectivity index (χ0v) is 15.9. The van der Waals surface area contributed by atoms with Gasteiger partial charge in [0.15, 0.2) is 0 Å². The quantitative estimate of drug-likeness (QED) is 0.707. The summed E-state index contributed by atoms with van der Waals surface area (Å²) in [5.41, 5.74) is 1.16. The van der Waals surface area contributed by atoms with Gasteiger partial charge in [0, 0.05) is 12.6 Å². The Labute approximate surface area is 162 Å². The van der Waals surface area contributed by atoms with Gasteiger partial charge in [-0.3, -0.25) is 14.4 Å². The first-order chi connectivity index (χ1) is 12.8. The normalized spacial score (nSPS) is 11.3. The maximum absolute atomic E-state index is 12.4. The molecule has 1 atom stereocenters. The molecule has 0 aliphatic heterocycles. The number of methoxy groups -OCH3 is 1. The third-order valence-corrected chi connectivity index (χ3v) is 3.97. The highest BCUT2D eigenvalue weighted by atomic mass is 35.5. The Bertz CT molecular complexity index is 870. The number of amides is 3. The summed E-state index contributed by atoms with van der Waals surface area (Å²) >= 11 is 5.99. The molecule has 7 nitrogen and oxygen atoms in total. The number of halogens is 1. The smallest absolute Gasteiger partial charge is 0.253 e. The molecule has 0 unspecified atom stereocenters. The number of carbonyl (C=O) groups is 3. The number of hydrogen-bond acceptors (Lipinski definition) is 4. The average molecular weight is 390 g/mol. The molecule has 0 saturated heterocycles. The summed E-state index contributed by atoms with van der Waals surface area (Å²) in [6.07, 6.45) is 0. The summed E-state index contributed by atoms with van der Waals surface area (Å²) in [6, 6.07) is 10.6. The van der Waals surface area contributed by atoms with Crippen molar-refractivity contribution in [3.63, 3.8) is 0 Å². The van der Waals surface area contributed by atoms with E-state index in [0.717, 1.165) is 0 Å². The van der Waals surface area contributed by atoms with Gasteiger partial charge in [-0.25, -0.2) is 0 Å². The van der Waals surface area contributed by atoms with Gasteiger partial charge < -0.3 is 20.7 Å². The molecule has 0 fully saturated rings. The number of nitrogens with one attached hydrogen (secondary N) is 3. The van der Waals surface area contributed by atoms with Gasteiger partial charge in [-0.15, -0.1) is 0 Å². The Morgan fingerprint density at radius 1 is 1.07 bits per heavy atom. The van der Waals surface area contributed by atoms with Gasteiger partial charge in [0.2, 0.25) is 11.8 Å². The van der Waals surface area contributed by atoms with Crippen molar-refractivity contribution in [3.8, 4) is 5.75 Å². The minimum Gasteiger partial charge on any atom is -0.495 e. The van der Waals surface area contributed by atoms with Crippen LogP contribution in [0.25, 0.3) is 0 Å². The third-order valence-electron chi connectivity index (χ3n) is 3.64. The molecular formula is C19H20ClN3O4. The molecule has 142 valence electrons. The van der Waals surface area contributed by atoms with Crippen molar-refractivity contribution >= 4 is 40.7 Å². The molecule has 0 saturated carbocycles. The summed E-state index contributed by atoms with van der Waals surface area (Å²) in [5.74, 6) is -0.674. The second-order valence-corrected chi connectivity index (χ2v) is 6.17. The average Bonchev–Trinajstić information content (AvgIpc) is 2.61. The molecule has 0 bridgehead atoms. The van der Waals surface area contributed by atoms with Crippen LogP contribution in [0.2, 0.25) is 5.02 Å². The zero-order valence-electron chi connectivity index (χ0n) is 15.1. The minimum absolute atomic E-state index is 0.267. The molecule has 0 aliphatic rings. The van der Waals surface area contributed by atoms with E-state index in [9.17, 15) is 14.4 Å². The molecule has 0 aliphatic carbocycles. The molecule has 2 rings (SSSR count). The van der Waals surface area contributed by atoms with Gasteiger partial charge in [-0.1, -0.05) is 23.7 Å². The van der Waals surface area contributed by atoms with Crippen molar-refractivity contribution in [2.24, 2.45) is 0 Å². The summed E-state index contributed by atoms with van der Waals surface area (Å²) in [4.78, 5) is 35.9. The van der Waals surface area contributed by atoms with Crippen LogP contribution in [-0.4, -0.2) is 30.9 Å². The number of ether oxygens (including phenoxy) is 1. The van der Waals surface area contributed by atoms with Crippen LogP contribution in [-0.2, 0) is 9.59 Å². The zero-order chi connectivity index (χ0) is 20.0. The number of anilines is 2. The molecular weight excluding hydrogens is 370 g/mol. The van der Waals surface area contributed by atoms with Crippen LogP contribution >= 0.6 is 11.6 Å². The van der Waals surface area contributed by atoms with E-state index >= 15 is 0 Å². The van der Waals surface area contributed by atoms with Crippen LogP contribution in [0.15, 0.2) is 42.5 Å². The number of carbonyl (C=O) groups excluding carboxylic acids is 3. The first-order valence-electron chi connectivity index (χ1n) is 8.13. The highest BCUT2D eigenvalue weighted by Crippen LogP contribution is 2.27. The third kappa shape index (κ3) is 5.46. The van der Waals surface area contributed by atoms with E-state index in [1.54, 1.807) is 49.4 Å². The number of benzene rings is 2. The summed E-state index contributed by atoms with van der Waals surface area (Å²) in [5, 5.41) is 8.21. The van der Waals surface area contributed by atoms with Gasteiger partial charge >= 0.3 is 0 Å². The van der Waals surface area contributed by atoms with E-state index in [2.05, 4.69) is 16.0 Å². The molecule has 0 radical (unpaired) electrons. The topological polar surface area (TPSA) is 96.5 Å². The van der Waals surface area contributed by atoms with E-state index < -0.39 is 17.9 Å². The molecule has 2 aromatic rings. The molecule has 0 aromatic heterocycles. The fourth-order valence-corrected chi connectivity index (χ4v) is 2.53. The fourth-order valence-electron chi connectivity index (χ4n) is 2.31. The fraction of sp³-hybridized carbons (Fsp3) is 0.211. The lowest BCUT2D eigenvalue weighted by atomic mass is 10.2. The van der Waals surface area contributed by atoms with Gasteiger partial charge in [0.1, 0.15) is 11.8 Å². The lowest BCUT2D eigenvalue weighted by Crippen LogP contribution is -2.41. The Hall–Kier alpha value is -3.06. The summed E-state index contributed by atoms with van der Waals surface area (Å²) < 4.78 is 5.17. The van der Waals surface area contributed by atoms with Gasteiger partial charge in [-0.05, 0) is 37.3 Å². The van der Waals surface area contributed by atoms with Crippen molar-refractivity contribution in [1.29, 1.82) is 0 Å². The van der Waals surface area contributed by atoms with Crippen molar-refractivity contribution in [2.75, 3.05) is 17.7 Å². The first-order valence-corrected chi connectivity index (χ1v) is 8.51. The van der Waals surface area contributed by atoms with Crippen LogP contribution in [0.4, 0.5) is 11.4 Å². The Kier molecular flexibility index (Phi) is 6.79. The molecule has 3 amide bonds. The molecule has 3 N–H and O–H groups in total. The van der Waals surface area contributed by atoms with Gasteiger partial charge in [0.05, 0.1) is 23.4 Å². The van der Waals surface area contributed by atoms with E-state index in [1.807, 2.05) is 0 Å². The predicted molar refractivity (Wildman–Crippen MR) is 104 cm³/mol. The monoisotopic (exact) mass is 389 g/mol. The molecule has 0 spiro atoms. The molecule has 0 heterocycles. The maximum atomic E-state index is 12.4. The first kappa shape index (κ1) is 20.3. The molecule has 2 aromatic carbocycles. The minimum atomic E-state index is -0.805. The van der Waals surface area contributed by atoms with E-state index in [4.69, 9.17) is 16.3 Å². The van der Waals surface area contributed by atoms with Crippen molar-refractivity contribution in [1.82, 2.24) is 5.32 Å². The van der Waals surface area contributed by atoms with Gasteiger partial charge in [-0.2, -0.15) is 0 Å². The van der Waals surface area contributed by atoms with E-state index in [1.165, 1.54) is 14.0 Å². The Morgan fingerprint density at radius 3 is 2.41 bits per heavy atom. The Balaban J connectivity index is 2.06. The standard InChI is InChI=1S/C19H20ClN3O4/c1-11(21-19(26)14-6-4-5-7-15(14)20)18(25)23-13-8-9-17(27-3)16(10-13)22-12(2)24/h4-11H,1-3H3,(H,21,26)(H,22,24)(H,23,25)/t11-/m0/s1. The van der Waals surface area contributed by atoms with Gasteiger partial charge in [0.25, 0.3) is 5.91 Å². The van der Waals surface area contributed by atoms with E-state index in [-0.39, 0.29) is 11.5 Å². The lowest BCUT2D eigenvalue weighted by molar-refractivity contribution is -0.117. The largest absolute Gasteiger partial charge is 0.495 e. The SMILES string of the molecule is COc1ccc(NC(=O)[C@H](C)NC(=O)c2ccccc2Cl)cc1NC(C)=O. The number of rotatable bonds is 6. The molecule has 8 heteroatoms. The maximum Gasteiger partial charge on any atom is 0.253 e. The predicted octanol–water partition coefficient (Wildman–Crippen LogP) is 3.06. The second kappa shape index (κ2) is 9.05. The number of hydrogen-bond donors (Lipinski definition) is 3. The van der Waals surface area contributed by atoms with Crippen molar-refractivity contribution < 1.29 is 19.1 Å². The lowest BCUT2D eigenvalue weighted by Gasteiger charge is -2.16. The Morgan fingerprint density at radius 2 is 1.78 bits per heavy atom. The highest BCUT2D eigenvalue weighted by Gasteiger charge is 2.18. The van der Waals surface area contributed by atoms with Crippen molar-refractivity contribution in [2.45, 2.75) is 19.9 Å². The van der Waals surface area contributed by atoms with Crippen LogP contribution < -0.4 is 20.7 Å². The van der Waals surface area contributed by atoms with Crippen LogP contribution in [0.1, 0.15) is 24.2 Å². The van der Waals surface area contributed by atoms with Crippen LogP contribution in [0.5, 0.6) is 5.75 Å². The highest BCUT2D eigenvalue weighted by molar-refractivity contribution is 6.33. The summed E-state index contributed by atoms with van der Waals surface area (Å²) in [7, 11) is 1.48. The van der Waals surface area contributed by atoms with Crippen molar-refractivity contribution in [3.05, 3.63) is 53.1 Å². The van der Waals surface area contributed by atoms with Crippen LogP contribution in [0, 0.1) is 0 Å². The second-order valence-electron chi connectivity index (χ2n) is 5.76.